The van der Waals surface area contributed by atoms with Crippen molar-refractivity contribution >= 4 is 29.1 Å². The van der Waals surface area contributed by atoms with Gasteiger partial charge in [0.2, 0.25) is 5.16 Å². The lowest BCUT2D eigenvalue weighted by atomic mass is 10.4. The van der Waals surface area contributed by atoms with Crippen molar-refractivity contribution in [1.29, 1.82) is 0 Å². The highest BCUT2D eigenvalue weighted by Crippen LogP contribution is 2.38. The van der Waals surface area contributed by atoms with Gasteiger partial charge in [0.05, 0.1) is 7.11 Å². The van der Waals surface area contributed by atoms with E-state index in [0.29, 0.717) is 10.8 Å². The molecule has 0 amide bonds. The first-order valence-corrected chi connectivity index (χ1v) is 7.78. The van der Waals surface area contributed by atoms with Gasteiger partial charge in [-0.15, -0.1) is 16.4 Å². The molecule has 100 valence electrons. The fourth-order valence-electron chi connectivity index (χ4n) is 1.66. The van der Waals surface area contributed by atoms with E-state index in [1.54, 1.807) is 17.8 Å². The van der Waals surface area contributed by atoms with E-state index < -0.39 is 0 Å². The number of hydrogen-bond donors (Lipinski definition) is 1. The Labute approximate surface area is 118 Å². The number of carbonyl (C=O) groups excluding carboxylic acids is 1. The zero-order valence-corrected chi connectivity index (χ0v) is 12.0. The van der Waals surface area contributed by atoms with E-state index in [4.69, 9.17) is 0 Å². The van der Waals surface area contributed by atoms with Gasteiger partial charge in [-0.3, -0.25) is 5.10 Å². The Morgan fingerprint density at radius 1 is 1.58 bits per heavy atom. The fraction of sp³-hybridized carbons (Fsp3) is 0.417. The van der Waals surface area contributed by atoms with Crippen LogP contribution in [0.15, 0.2) is 17.3 Å². The molecule has 2 aromatic heterocycles. The molecule has 0 spiro atoms. The molecule has 2 heterocycles. The number of thioether (sulfide) groups is 1. The van der Waals surface area contributed by atoms with Crippen molar-refractivity contribution in [1.82, 2.24) is 15.2 Å². The number of H-pyrrole nitrogens is 1. The summed E-state index contributed by atoms with van der Waals surface area (Å²) in [6.07, 6.45) is 2.43. The Balaban J connectivity index is 1.58. The predicted octanol–water partition coefficient (Wildman–Crippen LogP) is 2.82. The van der Waals surface area contributed by atoms with Gasteiger partial charge in [0.15, 0.2) is 0 Å². The molecule has 0 radical (unpaired) electrons. The van der Waals surface area contributed by atoms with E-state index in [1.165, 1.54) is 31.3 Å². The molecule has 5 nitrogen and oxygen atoms in total. The van der Waals surface area contributed by atoms with E-state index >= 15 is 0 Å². The summed E-state index contributed by atoms with van der Waals surface area (Å²) < 4.78 is 4.68. The number of aromatic amines is 1. The molecule has 0 saturated heterocycles. The number of rotatable bonds is 5. The minimum absolute atomic E-state index is 0.282. The van der Waals surface area contributed by atoms with Gasteiger partial charge in [0.25, 0.3) is 0 Å². The standard InChI is InChI=1S/C12H13N3O2S2/c1-17-11(16)9-5-4-8(19-9)6-18-12-13-10(14-15-12)7-2-3-7/h4-5,7H,2-3,6H2,1H3,(H,13,14,15). The Kier molecular flexibility index (Phi) is 3.56. The zero-order valence-electron chi connectivity index (χ0n) is 10.4. The van der Waals surface area contributed by atoms with Crippen LogP contribution in [0, 0.1) is 0 Å². The number of nitrogens with one attached hydrogen (secondary N) is 1. The van der Waals surface area contributed by atoms with Crippen LogP contribution in [0.1, 0.15) is 39.1 Å². The third kappa shape index (κ3) is 2.98. The first kappa shape index (κ1) is 12.7. The number of ether oxygens (including phenoxy) is 1. The third-order valence-corrected chi connectivity index (χ3v) is 4.98. The fourth-order valence-corrected chi connectivity index (χ4v) is 3.44. The van der Waals surface area contributed by atoms with Crippen molar-refractivity contribution in [2.75, 3.05) is 7.11 Å². The van der Waals surface area contributed by atoms with E-state index in [0.717, 1.165) is 21.6 Å². The minimum Gasteiger partial charge on any atom is -0.465 e. The lowest BCUT2D eigenvalue weighted by molar-refractivity contribution is 0.0606. The molecule has 0 unspecified atom stereocenters. The molecule has 0 atom stereocenters. The largest absolute Gasteiger partial charge is 0.465 e. The predicted molar refractivity (Wildman–Crippen MR) is 73.6 cm³/mol. The SMILES string of the molecule is COC(=O)c1ccc(CSc2n[nH]c(C3CC3)n2)s1. The van der Waals surface area contributed by atoms with Crippen LogP contribution in [0.5, 0.6) is 0 Å². The molecule has 7 heteroatoms. The number of aromatic nitrogens is 3. The summed E-state index contributed by atoms with van der Waals surface area (Å²) in [4.78, 5) is 17.5. The molecular weight excluding hydrogens is 282 g/mol. The van der Waals surface area contributed by atoms with Crippen LogP contribution in [0.3, 0.4) is 0 Å². The third-order valence-electron chi connectivity index (χ3n) is 2.84. The summed E-state index contributed by atoms with van der Waals surface area (Å²) in [5.74, 6) is 2.08. The second kappa shape index (κ2) is 5.34. The number of esters is 1. The molecule has 1 saturated carbocycles. The maximum absolute atomic E-state index is 11.3. The first-order chi connectivity index (χ1) is 9.26. The van der Waals surface area contributed by atoms with Crippen LogP contribution < -0.4 is 0 Å². The smallest absolute Gasteiger partial charge is 0.348 e. The highest BCUT2D eigenvalue weighted by atomic mass is 32.2. The second-order valence-electron chi connectivity index (χ2n) is 4.32. The average Bonchev–Trinajstić information content (AvgIpc) is 3.00. The highest BCUT2D eigenvalue weighted by molar-refractivity contribution is 7.98. The van der Waals surface area contributed by atoms with E-state index in [1.807, 2.05) is 6.07 Å². The molecule has 1 aliphatic carbocycles. The Morgan fingerprint density at radius 3 is 3.16 bits per heavy atom. The first-order valence-electron chi connectivity index (χ1n) is 5.98. The van der Waals surface area contributed by atoms with Crippen molar-refractivity contribution in [3.8, 4) is 0 Å². The number of methoxy groups -OCH3 is 1. The summed E-state index contributed by atoms with van der Waals surface area (Å²) in [6.45, 7) is 0. The van der Waals surface area contributed by atoms with Crippen molar-refractivity contribution < 1.29 is 9.53 Å². The average molecular weight is 295 g/mol. The van der Waals surface area contributed by atoms with Gasteiger partial charge in [-0.2, -0.15) is 0 Å². The van der Waals surface area contributed by atoms with Gasteiger partial charge >= 0.3 is 5.97 Å². The van der Waals surface area contributed by atoms with Crippen LogP contribution in [0.25, 0.3) is 0 Å². The van der Waals surface area contributed by atoms with Crippen LogP contribution in [0.2, 0.25) is 0 Å². The van der Waals surface area contributed by atoms with Gasteiger partial charge in [-0.05, 0) is 25.0 Å². The van der Waals surface area contributed by atoms with Crippen molar-refractivity contribution in [3.05, 3.63) is 27.7 Å². The number of hydrogen-bond acceptors (Lipinski definition) is 6. The molecule has 1 aliphatic rings. The number of nitrogens with zero attached hydrogens (tertiary/aromatic N) is 2. The van der Waals surface area contributed by atoms with E-state index in [2.05, 4.69) is 19.9 Å². The lowest BCUT2D eigenvalue weighted by Gasteiger charge is -1.94. The van der Waals surface area contributed by atoms with Gasteiger partial charge < -0.3 is 4.74 Å². The summed E-state index contributed by atoms with van der Waals surface area (Å²) in [5.41, 5.74) is 0. The molecule has 0 aromatic carbocycles. The van der Waals surface area contributed by atoms with Crippen molar-refractivity contribution in [2.24, 2.45) is 0 Å². The topological polar surface area (TPSA) is 67.9 Å². The summed E-state index contributed by atoms with van der Waals surface area (Å²) in [6, 6.07) is 3.73. The Morgan fingerprint density at radius 2 is 2.42 bits per heavy atom. The quantitative estimate of drug-likeness (QED) is 0.678. The molecule has 3 rings (SSSR count). The second-order valence-corrected chi connectivity index (χ2v) is 6.43. The van der Waals surface area contributed by atoms with Crippen LogP contribution >= 0.6 is 23.1 Å². The lowest BCUT2D eigenvalue weighted by Crippen LogP contribution is -1.96. The highest BCUT2D eigenvalue weighted by Gasteiger charge is 2.27. The maximum atomic E-state index is 11.3. The molecule has 1 fully saturated rings. The summed E-state index contributed by atoms with van der Waals surface area (Å²) in [7, 11) is 1.39. The van der Waals surface area contributed by atoms with Gasteiger partial charge in [-0.1, -0.05) is 11.8 Å². The molecule has 0 bridgehead atoms. The molecule has 1 N–H and O–H groups in total. The number of thiophene rings is 1. The molecule has 0 aliphatic heterocycles. The van der Waals surface area contributed by atoms with Gasteiger partial charge in [0.1, 0.15) is 10.7 Å². The van der Waals surface area contributed by atoms with E-state index in [9.17, 15) is 4.79 Å². The normalized spacial score (nSPS) is 14.6. The van der Waals surface area contributed by atoms with Crippen molar-refractivity contribution in [3.63, 3.8) is 0 Å². The number of carbonyl (C=O) groups is 1. The van der Waals surface area contributed by atoms with Crippen LogP contribution in [-0.2, 0) is 10.5 Å². The molecule has 2 aromatic rings. The monoisotopic (exact) mass is 295 g/mol. The molecular formula is C12H13N3O2S2. The van der Waals surface area contributed by atoms with Gasteiger partial charge in [-0.25, -0.2) is 9.78 Å². The van der Waals surface area contributed by atoms with Crippen molar-refractivity contribution in [2.45, 2.75) is 29.7 Å². The van der Waals surface area contributed by atoms with Gasteiger partial charge in [0, 0.05) is 16.5 Å². The zero-order chi connectivity index (χ0) is 13.2. The Bertz CT molecular complexity index is 589. The van der Waals surface area contributed by atoms with Crippen LogP contribution in [0.4, 0.5) is 0 Å². The minimum atomic E-state index is -0.282. The Hall–Kier alpha value is -1.34. The molecule has 19 heavy (non-hydrogen) atoms. The van der Waals surface area contributed by atoms with E-state index in [-0.39, 0.29) is 5.97 Å². The maximum Gasteiger partial charge on any atom is 0.348 e. The summed E-state index contributed by atoms with van der Waals surface area (Å²) in [5, 5.41) is 7.95. The summed E-state index contributed by atoms with van der Waals surface area (Å²) >= 11 is 3.03. The van der Waals surface area contributed by atoms with Crippen LogP contribution in [-0.4, -0.2) is 28.3 Å².